The molecule has 5 rings (SSSR count). The molecule has 0 aromatic heterocycles. The van der Waals surface area contributed by atoms with Crippen molar-refractivity contribution >= 4 is 17.6 Å². The van der Waals surface area contributed by atoms with Crippen LogP contribution in [0.4, 0.5) is 11.4 Å². The first-order chi connectivity index (χ1) is 13.8. The first kappa shape index (κ1) is 17.0. The van der Waals surface area contributed by atoms with E-state index in [4.69, 9.17) is 0 Å². The molecule has 0 bridgehead atoms. The number of fused-ring (bicyclic) bond motifs is 3. The maximum atomic E-state index is 4.62. The molecule has 1 aliphatic carbocycles. The van der Waals surface area contributed by atoms with Crippen LogP contribution in [0.3, 0.4) is 0 Å². The second kappa shape index (κ2) is 7.12. The van der Waals surface area contributed by atoms with E-state index in [-0.39, 0.29) is 0 Å². The SMILES string of the molecule is Cc1ccc2c(c1)[C@@H]1C=CC[C@H]1[C@H](c1ccc(N=Cc3ccccc3)cc1)N2. The van der Waals surface area contributed by atoms with E-state index >= 15 is 0 Å². The molecule has 0 fully saturated rings. The number of hydrogen-bond donors (Lipinski definition) is 1. The summed E-state index contributed by atoms with van der Waals surface area (Å²) in [6.45, 7) is 2.18. The average molecular weight is 364 g/mol. The van der Waals surface area contributed by atoms with Gasteiger partial charge in [-0.3, -0.25) is 4.99 Å². The van der Waals surface area contributed by atoms with E-state index in [1.165, 1.54) is 22.4 Å². The molecule has 1 N–H and O–H groups in total. The van der Waals surface area contributed by atoms with Crippen molar-refractivity contribution in [2.24, 2.45) is 10.9 Å². The van der Waals surface area contributed by atoms with E-state index < -0.39 is 0 Å². The first-order valence-corrected chi connectivity index (χ1v) is 10.0. The van der Waals surface area contributed by atoms with Crippen LogP contribution in [-0.2, 0) is 0 Å². The molecule has 0 spiro atoms. The minimum Gasteiger partial charge on any atom is -0.378 e. The molecule has 3 aromatic carbocycles. The molecule has 3 atom stereocenters. The molecule has 0 unspecified atom stereocenters. The van der Waals surface area contributed by atoms with Gasteiger partial charge in [0.15, 0.2) is 0 Å². The van der Waals surface area contributed by atoms with E-state index in [1.807, 2.05) is 24.4 Å². The van der Waals surface area contributed by atoms with Crippen LogP contribution in [0.5, 0.6) is 0 Å². The zero-order valence-corrected chi connectivity index (χ0v) is 16.0. The lowest BCUT2D eigenvalue weighted by molar-refractivity contribution is 0.425. The van der Waals surface area contributed by atoms with Crippen molar-refractivity contribution in [2.75, 3.05) is 5.32 Å². The number of anilines is 1. The molecule has 2 nitrogen and oxygen atoms in total. The number of aryl methyl sites for hydroxylation is 1. The molecule has 2 heteroatoms. The predicted molar refractivity (Wildman–Crippen MR) is 118 cm³/mol. The maximum Gasteiger partial charge on any atom is 0.0630 e. The van der Waals surface area contributed by atoms with Gasteiger partial charge in [-0.25, -0.2) is 0 Å². The maximum absolute atomic E-state index is 4.62. The molecule has 0 saturated carbocycles. The van der Waals surface area contributed by atoms with Crippen LogP contribution < -0.4 is 5.32 Å². The fourth-order valence-corrected chi connectivity index (χ4v) is 4.50. The third kappa shape index (κ3) is 3.16. The normalized spacial score (nSPS) is 22.7. The smallest absolute Gasteiger partial charge is 0.0630 e. The fourth-order valence-electron chi connectivity index (χ4n) is 4.50. The van der Waals surface area contributed by atoms with Crippen molar-refractivity contribution in [3.63, 3.8) is 0 Å². The Kier molecular flexibility index (Phi) is 4.32. The fraction of sp³-hybridized carbons (Fsp3) is 0.192. The van der Waals surface area contributed by atoms with Crippen LogP contribution in [0, 0.1) is 12.8 Å². The molecule has 3 aromatic rings. The van der Waals surface area contributed by atoms with E-state index in [9.17, 15) is 0 Å². The van der Waals surface area contributed by atoms with Gasteiger partial charge in [-0.1, -0.05) is 72.3 Å². The van der Waals surface area contributed by atoms with Crippen molar-refractivity contribution in [3.05, 3.63) is 107 Å². The highest BCUT2D eigenvalue weighted by Crippen LogP contribution is 2.49. The van der Waals surface area contributed by atoms with Gasteiger partial charge in [-0.2, -0.15) is 0 Å². The standard InChI is InChI=1S/C26H24N2/c1-18-10-15-25-24(16-18)22-8-5-9-23(22)26(28-25)20-11-13-21(14-12-20)27-17-19-6-3-2-4-7-19/h2-8,10-17,22-23,26,28H,9H2,1H3/t22-,23-,26+/m1/s1. The minimum atomic E-state index is 0.336. The Hall–Kier alpha value is -3.13. The lowest BCUT2D eigenvalue weighted by Gasteiger charge is -2.37. The number of nitrogens with zero attached hydrogens (tertiary/aromatic N) is 1. The van der Waals surface area contributed by atoms with Crippen molar-refractivity contribution in [1.82, 2.24) is 0 Å². The van der Waals surface area contributed by atoms with Crippen LogP contribution in [0.2, 0.25) is 0 Å². The van der Waals surface area contributed by atoms with Gasteiger partial charge in [0.1, 0.15) is 0 Å². The summed E-state index contributed by atoms with van der Waals surface area (Å²) in [6.07, 6.45) is 7.79. The van der Waals surface area contributed by atoms with Crippen LogP contribution in [-0.4, -0.2) is 6.21 Å². The molecule has 2 aliphatic rings. The third-order valence-corrected chi connectivity index (χ3v) is 5.93. The van der Waals surface area contributed by atoms with Gasteiger partial charge in [-0.15, -0.1) is 0 Å². The summed E-state index contributed by atoms with van der Waals surface area (Å²) in [5.74, 6) is 1.09. The van der Waals surface area contributed by atoms with Crippen LogP contribution in [0.1, 0.15) is 40.6 Å². The lowest BCUT2D eigenvalue weighted by Crippen LogP contribution is -2.29. The molecule has 28 heavy (non-hydrogen) atoms. The highest BCUT2D eigenvalue weighted by Gasteiger charge is 2.37. The summed E-state index contributed by atoms with van der Waals surface area (Å²) in [5, 5.41) is 3.81. The van der Waals surface area contributed by atoms with Crippen molar-refractivity contribution < 1.29 is 0 Å². The van der Waals surface area contributed by atoms with Crippen LogP contribution in [0.15, 0.2) is 89.9 Å². The van der Waals surface area contributed by atoms with Gasteiger partial charge in [0, 0.05) is 17.8 Å². The van der Waals surface area contributed by atoms with Crippen LogP contribution >= 0.6 is 0 Å². The predicted octanol–water partition coefficient (Wildman–Crippen LogP) is 6.57. The van der Waals surface area contributed by atoms with Crippen LogP contribution in [0.25, 0.3) is 0 Å². The summed E-state index contributed by atoms with van der Waals surface area (Å²) >= 11 is 0. The first-order valence-electron chi connectivity index (χ1n) is 10.0. The Morgan fingerprint density at radius 1 is 0.964 bits per heavy atom. The summed E-state index contributed by atoms with van der Waals surface area (Å²) < 4.78 is 0. The van der Waals surface area contributed by atoms with Gasteiger partial charge in [0.2, 0.25) is 0 Å². The van der Waals surface area contributed by atoms with Gasteiger partial charge < -0.3 is 5.32 Å². The molecule has 1 heterocycles. The number of nitrogens with one attached hydrogen (secondary N) is 1. The number of hydrogen-bond acceptors (Lipinski definition) is 2. The summed E-state index contributed by atoms with van der Waals surface area (Å²) in [7, 11) is 0. The van der Waals surface area contributed by atoms with Gasteiger partial charge in [0.05, 0.1) is 11.7 Å². The number of allylic oxidation sites excluding steroid dienone is 2. The molecular weight excluding hydrogens is 340 g/mol. The Morgan fingerprint density at radius 2 is 1.79 bits per heavy atom. The minimum absolute atomic E-state index is 0.336. The molecule has 1 aliphatic heterocycles. The molecule has 0 saturated heterocycles. The average Bonchev–Trinajstić information content (AvgIpc) is 3.23. The van der Waals surface area contributed by atoms with E-state index in [0.717, 1.165) is 17.7 Å². The Labute approximate surface area is 166 Å². The summed E-state index contributed by atoms with van der Waals surface area (Å²) in [6, 6.07) is 26.0. The van der Waals surface area contributed by atoms with Crippen molar-refractivity contribution in [3.8, 4) is 0 Å². The van der Waals surface area contributed by atoms with Gasteiger partial charge in [0.25, 0.3) is 0 Å². The topological polar surface area (TPSA) is 24.4 Å². The summed E-state index contributed by atoms with van der Waals surface area (Å²) in [5.41, 5.74) is 7.49. The van der Waals surface area contributed by atoms with Gasteiger partial charge in [-0.05, 0) is 54.2 Å². The molecule has 0 radical (unpaired) electrons. The number of rotatable bonds is 3. The summed E-state index contributed by atoms with van der Waals surface area (Å²) in [4.78, 5) is 4.62. The van der Waals surface area contributed by atoms with E-state index in [0.29, 0.717) is 17.9 Å². The van der Waals surface area contributed by atoms with Crippen molar-refractivity contribution in [2.45, 2.75) is 25.3 Å². The number of benzene rings is 3. The Bertz CT molecular complexity index is 1030. The van der Waals surface area contributed by atoms with Crippen molar-refractivity contribution in [1.29, 1.82) is 0 Å². The lowest BCUT2D eigenvalue weighted by atomic mass is 9.76. The zero-order chi connectivity index (χ0) is 18.9. The Morgan fingerprint density at radius 3 is 2.61 bits per heavy atom. The van der Waals surface area contributed by atoms with E-state index in [2.05, 4.69) is 84.0 Å². The second-order valence-corrected chi connectivity index (χ2v) is 7.83. The van der Waals surface area contributed by atoms with E-state index in [1.54, 1.807) is 0 Å². The number of aliphatic imine (C=N–C) groups is 1. The highest BCUT2D eigenvalue weighted by atomic mass is 15.0. The third-order valence-electron chi connectivity index (χ3n) is 5.93. The zero-order valence-electron chi connectivity index (χ0n) is 16.0. The molecule has 0 amide bonds. The van der Waals surface area contributed by atoms with Gasteiger partial charge >= 0.3 is 0 Å². The quantitative estimate of drug-likeness (QED) is 0.412. The highest BCUT2D eigenvalue weighted by molar-refractivity contribution is 5.81. The second-order valence-electron chi connectivity index (χ2n) is 7.83. The Balaban J connectivity index is 1.40. The molecular formula is C26H24N2. The largest absolute Gasteiger partial charge is 0.378 e. The molecule has 138 valence electrons. The monoisotopic (exact) mass is 364 g/mol.